The van der Waals surface area contributed by atoms with Gasteiger partial charge in [0.05, 0.1) is 12.2 Å². The normalized spacial score (nSPS) is 22.7. The van der Waals surface area contributed by atoms with Crippen LogP contribution in [0.5, 0.6) is 0 Å². The molecule has 1 aliphatic carbocycles. The number of amides is 2. The Labute approximate surface area is 162 Å². The van der Waals surface area contributed by atoms with Crippen LogP contribution in [0.1, 0.15) is 36.8 Å². The van der Waals surface area contributed by atoms with Crippen molar-refractivity contribution in [3.05, 3.63) is 46.6 Å². The van der Waals surface area contributed by atoms with Crippen molar-refractivity contribution in [3.63, 3.8) is 0 Å². The fourth-order valence-electron chi connectivity index (χ4n) is 4.06. The highest BCUT2D eigenvalue weighted by atomic mass is 35.5. The van der Waals surface area contributed by atoms with Gasteiger partial charge in [-0.2, -0.15) is 4.98 Å². The summed E-state index contributed by atoms with van der Waals surface area (Å²) in [5.41, 5.74) is 7.87. The van der Waals surface area contributed by atoms with E-state index in [2.05, 4.69) is 9.97 Å². The first-order chi connectivity index (χ1) is 13.0. The molecule has 6 nitrogen and oxygen atoms in total. The number of hydrogen-bond acceptors (Lipinski definition) is 4. The van der Waals surface area contributed by atoms with Crippen LogP contribution in [0.25, 0.3) is 0 Å². The molecule has 1 aromatic carbocycles. The fourth-order valence-corrected chi connectivity index (χ4v) is 4.19. The van der Waals surface area contributed by atoms with Crippen LogP contribution < -0.4 is 15.5 Å². The highest BCUT2D eigenvalue weighted by Gasteiger charge is 2.39. The molecule has 1 aromatic heterocycles. The van der Waals surface area contributed by atoms with Gasteiger partial charge in [-0.05, 0) is 55.8 Å². The van der Waals surface area contributed by atoms with Crippen LogP contribution >= 0.6 is 11.6 Å². The summed E-state index contributed by atoms with van der Waals surface area (Å²) in [6.07, 6.45) is 4.98. The first-order valence-corrected chi connectivity index (χ1v) is 9.46. The minimum Gasteiger partial charge on any atom is -0.328 e. The lowest BCUT2D eigenvalue weighted by Crippen LogP contribution is -2.55. The number of para-hydroxylation sites is 1. The Bertz CT molecular complexity index is 872. The van der Waals surface area contributed by atoms with Crippen molar-refractivity contribution in [3.8, 4) is 0 Å². The van der Waals surface area contributed by atoms with Crippen LogP contribution in [0.4, 0.5) is 20.7 Å². The average Bonchev–Trinajstić information content (AvgIpc) is 2.62. The number of benzene rings is 1. The maximum Gasteiger partial charge on any atom is 0.330 e. The van der Waals surface area contributed by atoms with Gasteiger partial charge in [-0.3, -0.25) is 9.80 Å². The smallest absolute Gasteiger partial charge is 0.328 e. The molecule has 2 heterocycles. The quantitative estimate of drug-likeness (QED) is 0.793. The first-order valence-electron chi connectivity index (χ1n) is 9.08. The van der Waals surface area contributed by atoms with Gasteiger partial charge >= 0.3 is 6.03 Å². The van der Waals surface area contributed by atoms with Crippen molar-refractivity contribution < 1.29 is 9.18 Å². The Morgan fingerprint density at radius 1 is 1.33 bits per heavy atom. The monoisotopic (exact) mass is 389 g/mol. The molecule has 2 aliphatic rings. The molecule has 27 heavy (non-hydrogen) atoms. The lowest BCUT2D eigenvalue weighted by atomic mass is 9.90. The highest BCUT2D eigenvalue weighted by molar-refractivity contribution is 6.28. The second kappa shape index (κ2) is 7.05. The number of fused-ring (bicyclic) bond motifs is 1. The van der Waals surface area contributed by atoms with Gasteiger partial charge in [0, 0.05) is 23.8 Å². The van der Waals surface area contributed by atoms with E-state index in [1.807, 2.05) is 0 Å². The molecule has 1 saturated carbocycles. The molecule has 1 fully saturated rings. The van der Waals surface area contributed by atoms with E-state index in [0.717, 1.165) is 24.8 Å². The number of nitrogens with zero attached hydrogens (tertiary/aromatic N) is 4. The second-order valence-corrected chi connectivity index (χ2v) is 7.55. The van der Waals surface area contributed by atoms with Gasteiger partial charge in [0.1, 0.15) is 11.6 Å². The van der Waals surface area contributed by atoms with E-state index in [-0.39, 0.29) is 35.6 Å². The van der Waals surface area contributed by atoms with Crippen LogP contribution in [0.3, 0.4) is 0 Å². The molecular formula is C19H21ClFN5O. The predicted molar refractivity (Wildman–Crippen MR) is 102 cm³/mol. The van der Waals surface area contributed by atoms with Gasteiger partial charge in [-0.25, -0.2) is 14.2 Å². The lowest BCUT2D eigenvalue weighted by Gasteiger charge is -2.42. The van der Waals surface area contributed by atoms with Gasteiger partial charge in [-0.15, -0.1) is 0 Å². The van der Waals surface area contributed by atoms with E-state index in [1.165, 1.54) is 11.0 Å². The largest absolute Gasteiger partial charge is 0.330 e. The number of aromatic nitrogens is 2. The molecule has 4 rings (SSSR count). The Hall–Kier alpha value is -2.25. The van der Waals surface area contributed by atoms with Crippen LogP contribution in [0.15, 0.2) is 24.4 Å². The third-order valence-electron chi connectivity index (χ3n) is 5.32. The van der Waals surface area contributed by atoms with Crippen LogP contribution in [-0.4, -0.2) is 28.1 Å². The van der Waals surface area contributed by atoms with Crippen molar-refractivity contribution in [2.45, 2.75) is 51.2 Å². The number of aryl methyl sites for hydroxylation is 1. The summed E-state index contributed by atoms with van der Waals surface area (Å²) in [7, 11) is 0. The molecule has 2 aromatic rings. The average molecular weight is 390 g/mol. The lowest BCUT2D eigenvalue weighted by molar-refractivity contribution is 0.243. The Morgan fingerprint density at radius 3 is 2.89 bits per heavy atom. The van der Waals surface area contributed by atoms with Gasteiger partial charge in [0.2, 0.25) is 5.28 Å². The van der Waals surface area contributed by atoms with Crippen LogP contribution in [-0.2, 0) is 6.54 Å². The zero-order chi connectivity index (χ0) is 19.1. The van der Waals surface area contributed by atoms with E-state index in [4.69, 9.17) is 17.3 Å². The standard InChI is InChI=1S/C19H21ClFN5O/c1-11-4-2-7-15(21)16(11)25-10-12-9-23-18(20)24-17(12)26(19(25)27)14-6-3-5-13(22)8-14/h2,4,7,9,13-14H,3,5-6,8,10,22H2,1H3. The van der Waals surface area contributed by atoms with E-state index in [0.29, 0.717) is 17.8 Å². The van der Waals surface area contributed by atoms with Crippen molar-refractivity contribution in [1.29, 1.82) is 0 Å². The summed E-state index contributed by atoms with van der Waals surface area (Å²) < 4.78 is 14.6. The third kappa shape index (κ3) is 3.26. The van der Waals surface area contributed by atoms with Gasteiger partial charge in [0.25, 0.3) is 0 Å². The van der Waals surface area contributed by atoms with E-state index < -0.39 is 5.82 Å². The first kappa shape index (κ1) is 18.1. The van der Waals surface area contributed by atoms with Gasteiger partial charge < -0.3 is 5.73 Å². The van der Waals surface area contributed by atoms with Crippen LogP contribution in [0, 0.1) is 12.7 Å². The van der Waals surface area contributed by atoms with Crippen molar-refractivity contribution in [2.75, 3.05) is 9.80 Å². The van der Waals surface area contributed by atoms with Crippen molar-refractivity contribution in [1.82, 2.24) is 9.97 Å². The maximum absolute atomic E-state index is 14.6. The van der Waals surface area contributed by atoms with Crippen molar-refractivity contribution >= 4 is 29.1 Å². The van der Waals surface area contributed by atoms with Crippen LogP contribution in [0.2, 0.25) is 5.28 Å². The van der Waals surface area contributed by atoms with E-state index in [1.54, 1.807) is 30.2 Å². The summed E-state index contributed by atoms with van der Waals surface area (Å²) in [4.78, 5) is 24.9. The molecule has 8 heteroatoms. The Kier molecular flexibility index (Phi) is 4.74. The van der Waals surface area contributed by atoms with Gasteiger partial charge in [-0.1, -0.05) is 12.1 Å². The number of carbonyl (C=O) groups excluding carboxylic acids is 1. The summed E-state index contributed by atoms with van der Waals surface area (Å²) in [6.45, 7) is 1.99. The number of halogens is 2. The number of anilines is 2. The second-order valence-electron chi connectivity index (χ2n) is 7.21. The number of urea groups is 1. The molecule has 1 aliphatic heterocycles. The molecule has 2 N–H and O–H groups in total. The van der Waals surface area contributed by atoms with E-state index >= 15 is 0 Å². The molecule has 142 valence electrons. The molecule has 0 radical (unpaired) electrons. The zero-order valence-electron chi connectivity index (χ0n) is 15.0. The Balaban J connectivity index is 1.81. The number of carbonyl (C=O) groups is 1. The fraction of sp³-hybridized carbons (Fsp3) is 0.421. The predicted octanol–water partition coefficient (Wildman–Crippen LogP) is 3.79. The molecule has 2 atom stereocenters. The summed E-state index contributed by atoms with van der Waals surface area (Å²) in [5, 5.41) is 0.0854. The highest BCUT2D eigenvalue weighted by Crippen LogP contribution is 2.37. The van der Waals surface area contributed by atoms with Gasteiger partial charge in [0.15, 0.2) is 0 Å². The number of hydrogen-bond donors (Lipinski definition) is 1. The summed E-state index contributed by atoms with van der Waals surface area (Å²) in [5.74, 6) is 0.0753. The summed E-state index contributed by atoms with van der Waals surface area (Å²) in [6, 6.07) is 4.43. The summed E-state index contributed by atoms with van der Waals surface area (Å²) >= 11 is 6.00. The minimum atomic E-state index is -0.429. The maximum atomic E-state index is 14.6. The molecule has 2 unspecified atom stereocenters. The molecule has 0 bridgehead atoms. The van der Waals surface area contributed by atoms with E-state index in [9.17, 15) is 9.18 Å². The molecule has 0 spiro atoms. The number of rotatable bonds is 2. The third-order valence-corrected chi connectivity index (χ3v) is 5.50. The zero-order valence-corrected chi connectivity index (χ0v) is 15.8. The topological polar surface area (TPSA) is 75.3 Å². The number of nitrogens with two attached hydrogens (primary N) is 1. The molecular weight excluding hydrogens is 369 g/mol. The molecule has 2 amide bonds. The Morgan fingerprint density at radius 2 is 2.15 bits per heavy atom. The SMILES string of the molecule is Cc1cccc(F)c1N1Cc2cnc(Cl)nc2N(C2CCCC(N)C2)C1=O. The van der Waals surface area contributed by atoms with Crippen molar-refractivity contribution in [2.24, 2.45) is 5.73 Å². The minimum absolute atomic E-state index is 0.0304. The molecule has 0 saturated heterocycles.